The van der Waals surface area contributed by atoms with Crippen LogP contribution in [0.5, 0.6) is 0 Å². The lowest BCUT2D eigenvalue weighted by Crippen LogP contribution is -2.25. The Morgan fingerprint density at radius 3 is 2.28 bits per heavy atom. The van der Waals surface area contributed by atoms with E-state index in [9.17, 15) is 4.79 Å². The summed E-state index contributed by atoms with van der Waals surface area (Å²) in [5.41, 5.74) is 3.94. The number of aromatic nitrogens is 2. The van der Waals surface area contributed by atoms with Gasteiger partial charge in [0.1, 0.15) is 5.82 Å². The van der Waals surface area contributed by atoms with Crippen LogP contribution in [0.25, 0.3) is 10.9 Å². The minimum atomic E-state index is -0.300. The lowest BCUT2D eigenvalue weighted by Gasteiger charge is -2.11. The molecule has 0 aliphatic heterocycles. The van der Waals surface area contributed by atoms with E-state index in [4.69, 9.17) is 0 Å². The molecule has 4 rings (SSSR count). The Hall–Kier alpha value is -3.73. The Bertz CT molecular complexity index is 1120. The second-order valence-corrected chi connectivity index (χ2v) is 6.76. The van der Waals surface area contributed by atoms with Crippen molar-refractivity contribution in [3.8, 4) is 0 Å². The number of anilines is 2. The van der Waals surface area contributed by atoms with E-state index in [1.165, 1.54) is 5.56 Å². The van der Waals surface area contributed by atoms with Gasteiger partial charge >= 0.3 is 0 Å². The van der Waals surface area contributed by atoms with Crippen LogP contribution in [0.1, 0.15) is 28.7 Å². The van der Waals surface area contributed by atoms with Crippen LogP contribution in [0.15, 0.2) is 78.9 Å². The summed E-state index contributed by atoms with van der Waals surface area (Å²) < 4.78 is 0. The normalized spacial score (nSPS) is 10.7. The van der Waals surface area contributed by atoms with Crippen molar-refractivity contribution in [3.63, 3.8) is 0 Å². The average molecular weight is 382 g/mol. The van der Waals surface area contributed by atoms with Crippen molar-refractivity contribution in [2.45, 2.75) is 19.9 Å². The van der Waals surface area contributed by atoms with Crippen LogP contribution < -0.4 is 10.6 Å². The summed E-state index contributed by atoms with van der Waals surface area (Å²) in [6.07, 6.45) is 0.995. The van der Waals surface area contributed by atoms with E-state index in [2.05, 4.69) is 39.7 Å². The lowest BCUT2D eigenvalue weighted by molar-refractivity contribution is 0.0941. The van der Waals surface area contributed by atoms with E-state index in [1.54, 1.807) is 0 Å². The van der Waals surface area contributed by atoms with Crippen LogP contribution >= 0.6 is 0 Å². The second-order valence-electron chi connectivity index (χ2n) is 6.76. The third kappa shape index (κ3) is 4.41. The Morgan fingerprint density at radius 1 is 0.828 bits per heavy atom. The van der Waals surface area contributed by atoms with Gasteiger partial charge in [-0.3, -0.25) is 4.79 Å². The largest absolute Gasteiger partial charge is 0.345 e. The molecule has 1 heterocycles. The van der Waals surface area contributed by atoms with Crippen LogP contribution in [0.3, 0.4) is 0 Å². The molecule has 0 radical (unpaired) electrons. The van der Waals surface area contributed by atoms with Gasteiger partial charge in [0, 0.05) is 17.6 Å². The Morgan fingerprint density at radius 2 is 1.52 bits per heavy atom. The molecular weight excluding hydrogens is 360 g/mol. The molecule has 0 unspecified atom stereocenters. The topological polar surface area (TPSA) is 66.9 Å². The Labute approximate surface area is 169 Å². The van der Waals surface area contributed by atoms with Gasteiger partial charge in [0.15, 0.2) is 0 Å². The highest BCUT2D eigenvalue weighted by Crippen LogP contribution is 2.23. The summed E-state index contributed by atoms with van der Waals surface area (Å²) >= 11 is 0. The van der Waals surface area contributed by atoms with E-state index < -0.39 is 0 Å². The minimum Gasteiger partial charge on any atom is -0.345 e. The molecule has 0 saturated heterocycles. The van der Waals surface area contributed by atoms with Crippen LogP contribution in [-0.4, -0.2) is 15.9 Å². The van der Waals surface area contributed by atoms with E-state index in [1.807, 2.05) is 66.7 Å². The number of hydrogen-bond acceptors (Lipinski definition) is 4. The first-order valence-corrected chi connectivity index (χ1v) is 9.68. The fraction of sp³-hybridized carbons (Fsp3) is 0.125. The van der Waals surface area contributed by atoms with Crippen molar-refractivity contribution >= 4 is 28.3 Å². The van der Waals surface area contributed by atoms with Gasteiger partial charge in [-0.2, -0.15) is 0 Å². The van der Waals surface area contributed by atoms with Crippen molar-refractivity contribution in [3.05, 3.63) is 95.8 Å². The number of fused-ring (bicyclic) bond motifs is 1. The van der Waals surface area contributed by atoms with Gasteiger partial charge in [0.25, 0.3) is 5.91 Å². The van der Waals surface area contributed by atoms with Gasteiger partial charge in [-0.1, -0.05) is 61.5 Å². The standard InChI is InChI=1S/C24H22N4O/c1-2-17-12-14-18(15-13-17)16-25-24(29)23-27-21-11-7-6-10-20(21)22(28-23)26-19-8-4-3-5-9-19/h3-15H,2,16H2,1H3,(H,25,29)(H,26,27,28). The minimum absolute atomic E-state index is 0.146. The monoisotopic (exact) mass is 382 g/mol. The molecule has 0 aliphatic rings. The summed E-state index contributed by atoms with van der Waals surface area (Å²) in [5.74, 6) is 0.456. The maximum absolute atomic E-state index is 12.7. The van der Waals surface area contributed by atoms with Crippen molar-refractivity contribution in [1.82, 2.24) is 15.3 Å². The third-order valence-corrected chi connectivity index (χ3v) is 4.73. The van der Waals surface area contributed by atoms with E-state index >= 15 is 0 Å². The van der Waals surface area contributed by atoms with Crippen LogP contribution in [0.2, 0.25) is 0 Å². The highest BCUT2D eigenvalue weighted by molar-refractivity contribution is 5.97. The SMILES string of the molecule is CCc1ccc(CNC(=O)c2nc(Nc3ccccc3)c3ccccc3n2)cc1. The Balaban J connectivity index is 1.58. The number of para-hydroxylation sites is 2. The zero-order chi connectivity index (χ0) is 20.1. The first-order chi connectivity index (χ1) is 14.2. The van der Waals surface area contributed by atoms with Crippen molar-refractivity contribution in [2.75, 3.05) is 5.32 Å². The number of carbonyl (C=O) groups excluding carboxylic acids is 1. The first kappa shape index (κ1) is 18.6. The van der Waals surface area contributed by atoms with Crippen LogP contribution in [0.4, 0.5) is 11.5 Å². The van der Waals surface area contributed by atoms with E-state index in [0.29, 0.717) is 12.4 Å². The zero-order valence-electron chi connectivity index (χ0n) is 16.2. The number of benzene rings is 3. The van der Waals surface area contributed by atoms with Crippen molar-refractivity contribution in [2.24, 2.45) is 0 Å². The summed E-state index contributed by atoms with van der Waals surface area (Å²) in [6.45, 7) is 2.55. The molecule has 29 heavy (non-hydrogen) atoms. The molecule has 0 aliphatic carbocycles. The summed E-state index contributed by atoms with van der Waals surface area (Å²) in [6, 6.07) is 25.6. The van der Waals surface area contributed by atoms with Gasteiger partial charge in [-0.15, -0.1) is 0 Å². The quantitative estimate of drug-likeness (QED) is 0.499. The number of aryl methyl sites for hydroxylation is 1. The Kier molecular flexibility index (Phi) is 5.47. The molecule has 0 saturated carbocycles. The first-order valence-electron chi connectivity index (χ1n) is 9.68. The molecule has 0 bridgehead atoms. The van der Waals surface area contributed by atoms with Crippen LogP contribution in [-0.2, 0) is 13.0 Å². The number of carbonyl (C=O) groups is 1. The molecule has 5 heteroatoms. The summed E-state index contributed by atoms with van der Waals surface area (Å²) in [4.78, 5) is 21.7. The maximum Gasteiger partial charge on any atom is 0.289 e. The molecule has 2 N–H and O–H groups in total. The molecule has 1 amide bonds. The van der Waals surface area contributed by atoms with Gasteiger partial charge < -0.3 is 10.6 Å². The number of nitrogens with zero attached hydrogens (tertiary/aromatic N) is 2. The third-order valence-electron chi connectivity index (χ3n) is 4.73. The average Bonchev–Trinajstić information content (AvgIpc) is 2.78. The molecule has 0 atom stereocenters. The molecule has 5 nitrogen and oxygen atoms in total. The smallest absolute Gasteiger partial charge is 0.289 e. The number of amides is 1. The van der Waals surface area contributed by atoms with E-state index in [0.717, 1.165) is 28.6 Å². The van der Waals surface area contributed by atoms with Crippen molar-refractivity contribution in [1.29, 1.82) is 0 Å². The molecule has 1 aromatic heterocycles. The van der Waals surface area contributed by atoms with Gasteiger partial charge in [0.05, 0.1) is 5.52 Å². The fourth-order valence-corrected chi connectivity index (χ4v) is 3.09. The van der Waals surface area contributed by atoms with Crippen LogP contribution in [0, 0.1) is 0 Å². The maximum atomic E-state index is 12.7. The molecule has 144 valence electrons. The second kappa shape index (κ2) is 8.52. The molecule has 0 spiro atoms. The molecule has 3 aromatic carbocycles. The predicted octanol–water partition coefficient (Wildman–Crippen LogP) is 4.87. The molecule has 4 aromatic rings. The summed E-state index contributed by atoms with van der Waals surface area (Å²) in [7, 11) is 0. The number of rotatable bonds is 6. The highest BCUT2D eigenvalue weighted by atomic mass is 16.2. The predicted molar refractivity (Wildman–Crippen MR) is 116 cm³/mol. The highest BCUT2D eigenvalue weighted by Gasteiger charge is 2.14. The van der Waals surface area contributed by atoms with Gasteiger partial charge in [0.2, 0.25) is 5.82 Å². The number of hydrogen-bond donors (Lipinski definition) is 2. The number of nitrogens with one attached hydrogen (secondary N) is 2. The van der Waals surface area contributed by atoms with E-state index in [-0.39, 0.29) is 11.7 Å². The lowest BCUT2D eigenvalue weighted by atomic mass is 10.1. The van der Waals surface area contributed by atoms with Crippen molar-refractivity contribution < 1.29 is 4.79 Å². The van der Waals surface area contributed by atoms with Gasteiger partial charge in [-0.05, 0) is 41.8 Å². The fourth-order valence-electron chi connectivity index (χ4n) is 3.09. The zero-order valence-corrected chi connectivity index (χ0v) is 16.2. The molecule has 0 fully saturated rings. The molecular formula is C24H22N4O. The summed E-state index contributed by atoms with van der Waals surface area (Å²) in [5, 5.41) is 7.08. The van der Waals surface area contributed by atoms with Gasteiger partial charge in [-0.25, -0.2) is 9.97 Å².